The number of hydrogen-bond donors (Lipinski definition) is 2. The molecule has 1 amide bonds. The third kappa shape index (κ3) is 5.08. The Kier molecular flexibility index (Phi) is 6.82. The number of alkyl halides is 1. The second-order valence-corrected chi connectivity index (χ2v) is 9.14. The first-order valence-electron chi connectivity index (χ1n) is 9.51. The Morgan fingerprint density at radius 2 is 1.97 bits per heavy atom. The summed E-state index contributed by atoms with van der Waals surface area (Å²) in [7, 11) is 0. The molecular formula is C22H24Cl2F2N2O. The Hall–Kier alpha value is -1.69. The van der Waals surface area contributed by atoms with Crippen LogP contribution in [0.5, 0.6) is 0 Å². The fraction of sp³-hybridized carbons (Fsp3) is 0.409. The molecule has 7 heteroatoms. The maximum absolute atomic E-state index is 14.7. The van der Waals surface area contributed by atoms with Crippen molar-refractivity contribution >= 4 is 34.8 Å². The first-order valence-corrected chi connectivity index (χ1v) is 10.3. The van der Waals surface area contributed by atoms with E-state index in [4.69, 9.17) is 23.2 Å². The zero-order chi connectivity index (χ0) is 21.2. The Balaban J connectivity index is 1.93. The van der Waals surface area contributed by atoms with E-state index in [0.717, 1.165) is 0 Å². The van der Waals surface area contributed by atoms with E-state index in [0.29, 0.717) is 29.2 Å². The second kappa shape index (κ2) is 8.99. The van der Waals surface area contributed by atoms with Crippen molar-refractivity contribution < 1.29 is 13.6 Å². The summed E-state index contributed by atoms with van der Waals surface area (Å²) in [5.74, 6) is -1.80. The molecule has 3 nitrogen and oxygen atoms in total. The van der Waals surface area contributed by atoms with Gasteiger partial charge in [-0.25, -0.2) is 4.39 Å². The van der Waals surface area contributed by atoms with Crippen LogP contribution in [0.1, 0.15) is 31.7 Å². The van der Waals surface area contributed by atoms with Gasteiger partial charge in [-0.05, 0) is 41.7 Å². The predicted molar refractivity (Wildman–Crippen MR) is 114 cm³/mol. The van der Waals surface area contributed by atoms with Crippen molar-refractivity contribution in [2.45, 2.75) is 32.2 Å². The van der Waals surface area contributed by atoms with Crippen LogP contribution in [-0.2, 0) is 4.79 Å². The van der Waals surface area contributed by atoms with Gasteiger partial charge in [-0.1, -0.05) is 55.2 Å². The van der Waals surface area contributed by atoms with Crippen molar-refractivity contribution in [2.75, 3.05) is 18.5 Å². The van der Waals surface area contributed by atoms with Gasteiger partial charge in [0.1, 0.15) is 5.82 Å². The molecule has 1 saturated heterocycles. The molecule has 29 heavy (non-hydrogen) atoms. The Morgan fingerprint density at radius 1 is 1.24 bits per heavy atom. The molecule has 3 atom stereocenters. The minimum absolute atomic E-state index is 0.0176. The summed E-state index contributed by atoms with van der Waals surface area (Å²) in [4.78, 5) is 13.2. The fourth-order valence-electron chi connectivity index (χ4n) is 3.93. The number of benzene rings is 2. The average Bonchev–Trinajstić information content (AvgIpc) is 3.06. The number of hydrogen-bond acceptors (Lipinski definition) is 2. The maximum atomic E-state index is 14.7. The van der Waals surface area contributed by atoms with Crippen LogP contribution in [0.3, 0.4) is 0 Å². The van der Waals surface area contributed by atoms with Crippen molar-refractivity contribution in [2.24, 2.45) is 11.3 Å². The summed E-state index contributed by atoms with van der Waals surface area (Å²) in [6.45, 7) is 3.52. The normalized spacial score (nSPS) is 21.9. The molecule has 156 valence electrons. The molecule has 0 radical (unpaired) electrons. The number of halogens is 4. The molecule has 3 rings (SSSR count). The van der Waals surface area contributed by atoms with E-state index in [1.165, 1.54) is 6.07 Å². The molecule has 0 aliphatic carbocycles. The van der Waals surface area contributed by atoms with Gasteiger partial charge >= 0.3 is 0 Å². The molecule has 1 aliphatic rings. The molecule has 0 aromatic heterocycles. The van der Waals surface area contributed by atoms with Gasteiger partial charge < -0.3 is 10.6 Å². The highest BCUT2D eigenvalue weighted by Gasteiger charge is 2.44. The number of carbonyl (C=O) groups is 1. The quantitative estimate of drug-likeness (QED) is 0.593. The third-order valence-corrected chi connectivity index (χ3v) is 5.90. The Morgan fingerprint density at radius 3 is 2.66 bits per heavy atom. The van der Waals surface area contributed by atoms with Crippen LogP contribution in [0, 0.1) is 17.2 Å². The number of nitrogens with one attached hydrogen (secondary N) is 2. The van der Waals surface area contributed by atoms with E-state index >= 15 is 0 Å². The zero-order valence-electron chi connectivity index (χ0n) is 16.3. The smallest absolute Gasteiger partial charge is 0.229 e. The molecule has 2 aromatic rings. The van der Waals surface area contributed by atoms with Gasteiger partial charge in [-0.3, -0.25) is 9.18 Å². The van der Waals surface area contributed by atoms with Crippen LogP contribution in [0.4, 0.5) is 14.5 Å². The third-order valence-electron chi connectivity index (χ3n) is 5.38. The molecule has 0 spiro atoms. The lowest BCUT2D eigenvalue weighted by atomic mass is 9.78. The minimum Gasteiger partial charge on any atom is -0.326 e. The Bertz CT molecular complexity index is 891. The highest BCUT2D eigenvalue weighted by Crippen LogP contribution is 2.40. The molecule has 1 heterocycles. The van der Waals surface area contributed by atoms with Crippen molar-refractivity contribution in [1.82, 2.24) is 5.32 Å². The largest absolute Gasteiger partial charge is 0.326 e. The van der Waals surface area contributed by atoms with Crippen LogP contribution in [0.2, 0.25) is 10.0 Å². The lowest BCUT2D eigenvalue weighted by molar-refractivity contribution is -0.120. The highest BCUT2D eigenvalue weighted by molar-refractivity contribution is 6.31. The SMILES string of the molecule is CC(C)(CF)CC1NCC(c2cccc(Cl)c2F)C1C(=O)Nc1cccc(Cl)c1. The summed E-state index contributed by atoms with van der Waals surface area (Å²) < 4.78 is 28.2. The molecule has 1 fully saturated rings. The van der Waals surface area contributed by atoms with Gasteiger partial charge in [-0.2, -0.15) is 0 Å². The van der Waals surface area contributed by atoms with Crippen molar-refractivity contribution in [3.05, 3.63) is 63.9 Å². The first-order chi connectivity index (χ1) is 13.7. The van der Waals surface area contributed by atoms with Crippen molar-refractivity contribution in [3.63, 3.8) is 0 Å². The Labute approximate surface area is 179 Å². The standard InChI is InChI=1S/C22H24Cl2F2N2O/c1-22(2,12-25)10-18-19(21(29)28-14-6-3-5-13(23)9-14)16(11-27-18)15-7-4-8-17(24)20(15)26/h3-9,16,18-19,27H,10-12H2,1-2H3,(H,28,29). The van der Waals surface area contributed by atoms with Crippen LogP contribution < -0.4 is 10.6 Å². The molecule has 0 saturated carbocycles. The molecule has 3 unspecified atom stereocenters. The lowest BCUT2D eigenvalue weighted by Crippen LogP contribution is -2.39. The molecular weight excluding hydrogens is 417 g/mol. The highest BCUT2D eigenvalue weighted by atomic mass is 35.5. The molecule has 0 bridgehead atoms. The fourth-order valence-corrected chi connectivity index (χ4v) is 4.30. The second-order valence-electron chi connectivity index (χ2n) is 8.29. The van der Waals surface area contributed by atoms with Crippen molar-refractivity contribution in [1.29, 1.82) is 0 Å². The van der Waals surface area contributed by atoms with Crippen LogP contribution in [0.15, 0.2) is 42.5 Å². The van der Waals surface area contributed by atoms with Crippen LogP contribution in [0.25, 0.3) is 0 Å². The van der Waals surface area contributed by atoms with Gasteiger partial charge in [-0.15, -0.1) is 0 Å². The number of rotatable bonds is 6. The molecule has 2 N–H and O–H groups in total. The van der Waals surface area contributed by atoms with Gasteiger partial charge in [0.25, 0.3) is 0 Å². The van der Waals surface area contributed by atoms with Crippen LogP contribution >= 0.6 is 23.2 Å². The van der Waals surface area contributed by atoms with Gasteiger partial charge in [0, 0.05) is 29.2 Å². The topological polar surface area (TPSA) is 41.1 Å². The van der Waals surface area contributed by atoms with Gasteiger partial charge in [0.2, 0.25) is 5.91 Å². The van der Waals surface area contributed by atoms with E-state index in [-0.39, 0.29) is 17.0 Å². The van der Waals surface area contributed by atoms with Gasteiger partial charge in [0.05, 0.1) is 17.6 Å². The maximum Gasteiger partial charge on any atom is 0.229 e. The van der Waals surface area contributed by atoms with Gasteiger partial charge in [0.15, 0.2) is 0 Å². The van der Waals surface area contributed by atoms with E-state index in [1.807, 2.05) is 13.8 Å². The summed E-state index contributed by atoms with van der Waals surface area (Å²) in [6.07, 6.45) is 0.440. The number of anilines is 1. The lowest BCUT2D eigenvalue weighted by Gasteiger charge is -2.29. The summed E-state index contributed by atoms with van der Waals surface area (Å²) >= 11 is 12.0. The van der Waals surface area contributed by atoms with E-state index in [2.05, 4.69) is 10.6 Å². The number of carbonyl (C=O) groups excluding carboxylic acids is 1. The minimum atomic E-state index is -0.603. The van der Waals surface area contributed by atoms with E-state index in [9.17, 15) is 13.6 Å². The molecule has 2 aromatic carbocycles. The average molecular weight is 441 g/mol. The number of amides is 1. The van der Waals surface area contributed by atoms with E-state index in [1.54, 1.807) is 36.4 Å². The van der Waals surface area contributed by atoms with E-state index < -0.39 is 29.7 Å². The summed E-state index contributed by atoms with van der Waals surface area (Å²) in [5, 5.41) is 6.70. The monoisotopic (exact) mass is 440 g/mol. The summed E-state index contributed by atoms with van der Waals surface area (Å²) in [5.41, 5.74) is 0.341. The predicted octanol–water partition coefficient (Wildman–Crippen LogP) is 5.83. The summed E-state index contributed by atoms with van der Waals surface area (Å²) in [6, 6.07) is 11.3. The van der Waals surface area contributed by atoms with Crippen molar-refractivity contribution in [3.8, 4) is 0 Å². The zero-order valence-corrected chi connectivity index (χ0v) is 17.8. The first kappa shape index (κ1) is 22.0. The molecule has 1 aliphatic heterocycles. The van der Waals surface area contributed by atoms with Crippen LogP contribution in [-0.4, -0.2) is 25.2 Å².